The van der Waals surface area contributed by atoms with Crippen molar-refractivity contribution in [3.8, 4) is 0 Å². The van der Waals surface area contributed by atoms with Crippen molar-refractivity contribution < 1.29 is 9.59 Å². The molecule has 3 aromatic rings. The van der Waals surface area contributed by atoms with Crippen LogP contribution in [0, 0.1) is 0 Å². The number of amides is 1. The minimum absolute atomic E-state index is 0.278. The van der Waals surface area contributed by atoms with Crippen LogP contribution in [0.1, 0.15) is 22.0 Å². The number of hydrogen-bond donors (Lipinski definition) is 1. The Morgan fingerprint density at radius 1 is 0.846 bits per heavy atom. The lowest BCUT2D eigenvalue weighted by Gasteiger charge is -2.18. The first-order valence-corrected chi connectivity index (χ1v) is 8.25. The zero-order valence-corrected chi connectivity index (χ0v) is 14.0. The van der Waals surface area contributed by atoms with E-state index in [4.69, 9.17) is 0 Å². The van der Waals surface area contributed by atoms with Crippen LogP contribution in [0.4, 0.5) is 0 Å². The van der Waals surface area contributed by atoms with Gasteiger partial charge in [0.25, 0.3) is 11.5 Å². The Morgan fingerprint density at radius 3 is 2.12 bits per heavy atom. The van der Waals surface area contributed by atoms with E-state index in [0.29, 0.717) is 5.56 Å². The second-order valence-electron chi connectivity index (χ2n) is 5.78. The molecular formula is C21H18N2O3. The molecule has 130 valence electrons. The van der Waals surface area contributed by atoms with Crippen LogP contribution in [0.25, 0.3) is 0 Å². The number of ketones is 1. The maximum Gasteiger partial charge on any atom is 0.251 e. The third-order valence-corrected chi connectivity index (χ3v) is 3.99. The first-order chi connectivity index (χ1) is 12.7. The monoisotopic (exact) mass is 346 g/mol. The Bertz CT molecular complexity index is 950. The minimum Gasteiger partial charge on any atom is -0.350 e. The van der Waals surface area contributed by atoms with E-state index < -0.39 is 23.3 Å². The van der Waals surface area contributed by atoms with E-state index in [1.165, 1.54) is 12.3 Å². The fourth-order valence-corrected chi connectivity index (χ4v) is 2.67. The van der Waals surface area contributed by atoms with Crippen LogP contribution in [0.15, 0.2) is 89.9 Å². The minimum atomic E-state index is -1.25. The molecule has 0 aliphatic rings. The normalized spacial score (nSPS) is 11.5. The molecule has 0 fully saturated rings. The summed E-state index contributed by atoms with van der Waals surface area (Å²) in [5, 5.41) is 2.76. The van der Waals surface area contributed by atoms with Gasteiger partial charge in [-0.3, -0.25) is 19.0 Å². The van der Waals surface area contributed by atoms with E-state index in [0.717, 1.165) is 10.1 Å². The molecule has 1 N–H and O–H groups in total. The third-order valence-electron chi connectivity index (χ3n) is 3.99. The molecule has 1 amide bonds. The number of benzene rings is 2. The van der Waals surface area contributed by atoms with Crippen molar-refractivity contribution in [2.24, 2.45) is 0 Å². The molecule has 26 heavy (non-hydrogen) atoms. The van der Waals surface area contributed by atoms with Gasteiger partial charge in [0.05, 0.1) is 0 Å². The van der Waals surface area contributed by atoms with Gasteiger partial charge >= 0.3 is 0 Å². The number of carbonyl (C=O) groups is 2. The lowest BCUT2D eigenvalue weighted by atomic mass is 10.0. The average molecular weight is 346 g/mol. The Labute approximate surface area is 150 Å². The quantitative estimate of drug-likeness (QED) is 0.551. The van der Waals surface area contributed by atoms with Gasteiger partial charge in [0, 0.05) is 24.4 Å². The number of hydrogen-bond acceptors (Lipinski definition) is 3. The van der Waals surface area contributed by atoms with Crippen LogP contribution < -0.4 is 10.9 Å². The van der Waals surface area contributed by atoms with Crippen LogP contribution in [-0.2, 0) is 11.3 Å². The molecule has 0 bridgehead atoms. The number of aromatic nitrogens is 1. The summed E-state index contributed by atoms with van der Waals surface area (Å²) in [7, 11) is 0. The Hall–Kier alpha value is -3.47. The van der Waals surface area contributed by atoms with Crippen LogP contribution in [-0.4, -0.2) is 16.3 Å². The maximum absolute atomic E-state index is 12.9. The fourth-order valence-electron chi connectivity index (χ4n) is 2.67. The number of rotatable bonds is 6. The lowest BCUT2D eigenvalue weighted by molar-refractivity contribution is -0.123. The molecule has 0 radical (unpaired) electrons. The fraction of sp³-hybridized carbons (Fsp3) is 0.0952. The van der Waals surface area contributed by atoms with Crippen LogP contribution in [0.2, 0.25) is 0 Å². The summed E-state index contributed by atoms with van der Waals surface area (Å²) in [6, 6.07) is 21.2. The van der Waals surface area contributed by atoms with Gasteiger partial charge in [-0.1, -0.05) is 66.7 Å². The molecule has 2 aromatic carbocycles. The zero-order valence-electron chi connectivity index (χ0n) is 14.0. The van der Waals surface area contributed by atoms with Crippen LogP contribution >= 0.6 is 0 Å². The third kappa shape index (κ3) is 3.95. The second kappa shape index (κ2) is 8.07. The SMILES string of the molecule is O=C(NCc1ccccc1)C(C(=O)c1ccccc1)n1ccccc1=O. The zero-order chi connectivity index (χ0) is 18.4. The number of Topliss-reactive ketones (excluding diaryl/α,β-unsaturated/α-hetero) is 1. The van der Waals surface area contributed by atoms with Gasteiger partial charge in [0.1, 0.15) is 0 Å². The van der Waals surface area contributed by atoms with Crippen molar-refractivity contribution in [1.29, 1.82) is 0 Å². The first kappa shape index (κ1) is 17.4. The van der Waals surface area contributed by atoms with Gasteiger partial charge in [-0.25, -0.2) is 0 Å². The summed E-state index contributed by atoms with van der Waals surface area (Å²) in [5.41, 5.74) is 0.881. The van der Waals surface area contributed by atoms with Crippen LogP contribution in [0.5, 0.6) is 0 Å². The summed E-state index contributed by atoms with van der Waals surface area (Å²) < 4.78 is 1.16. The highest BCUT2D eigenvalue weighted by molar-refractivity contribution is 6.11. The van der Waals surface area contributed by atoms with Crippen molar-refractivity contribution in [3.63, 3.8) is 0 Å². The van der Waals surface area contributed by atoms with E-state index in [1.807, 2.05) is 30.3 Å². The molecule has 1 aromatic heterocycles. The number of carbonyl (C=O) groups excluding carboxylic acids is 2. The number of nitrogens with one attached hydrogen (secondary N) is 1. The molecule has 5 heteroatoms. The van der Waals surface area contributed by atoms with E-state index >= 15 is 0 Å². The lowest BCUT2D eigenvalue weighted by Crippen LogP contribution is -2.41. The smallest absolute Gasteiger partial charge is 0.251 e. The average Bonchev–Trinajstić information content (AvgIpc) is 2.69. The molecule has 3 rings (SSSR count). The Balaban J connectivity index is 1.90. The summed E-state index contributed by atoms with van der Waals surface area (Å²) >= 11 is 0. The topological polar surface area (TPSA) is 68.2 Å². The summed E-state index contributed by atoms with van der Waals surface area (Å²) in [6.45, 7) is 0.278. The molecular weight excluding hydrogens is 328 g/mol. The van der Waals surface area contributed by atoms with E-state index in [9.17, 15) is 14.4 Å². The second-order valence-corrected chi connectivity index (χ2v) is 5.78. The molecule has 0 spiro atoms. The molecule has 0 aliphatic carbocycles. The standard InChI is InChI=1S/C21H18N2O3/c24-18-13-7-8-14-23(18)19(20(25)17-11-5-2-6-12-17)21(26)22-15-16-9-3-1-4-10-16/h1-14,19H,15H2,(H,22,26). The highest BCUT2D eigenvalue weighted by atomic mass is 16.2. The van der Waals surface area contributed by atoms with Crippen molar-refractivity contribution >= 4 is 11.7 Å². The summed E-state index contributed by atoms with van der Waals surface area (Å²) in [6.07, 6.45) is 1.45. The highest BCUT2D eigenvalue weighted by Crippen LogP contribution is 2.14. The van der Waals surface area contributed by atoms with Gasteiger partial charge in [0.15, 0.2) is 11.8 Å². The van der Waals surface area contributed by atoms with E-state index in [-0.39, 0.29) is 6.54 Å². The molecule has 1 unspecified atom stereocenters. The van der Waals surface area contributed by atoms with E-state index in [2.05, 4.69) is 5.32 Å². The van der Waals surface area contributed by atoms with Crippen molar-refractivity contribution in [2.45, 2.75) is 12.6 Å². The molecule has 1 heterocycles. The summed E-state index contributed by atoms with van der Waals surface area (Å²) in [4.78, 5) is 37.9. The predicted octanol–water partition coefficient (Wildman–Crippen LogP) is 2.59. The van der Waals surface area contributed by atoms with Gasteiger partial charge < -0.3 is 5.32 Å². The van der Waals surface area contributed by atoms with E-state index in [1.54, 1.807) is 42.5 Å². The first-order valence-electron chi connectivity index (χ1n) is 8.25. The van der Waals surface area contributed by atoms with Crippen molar-refractivity contribution in [2.75, 3.05) is 0 Å². The van der Waals surface area contributed by atoms with Gasteiger partial charge in [0.2, 0.25) is 0 Å². The Kier molecular flexibility index (Phi) is 5.39. The molecule has 1 atom stereocenters. The van der Waals surface area contributed by atoms with Gasteiger partial charge in [-0.15, -0.1) is 0 Å². The molecule has 0 aliphatic heterocycles. The Morgan fingerprint density at radius 2 is 1.46 bits per heavy atom. The van der Waals surface area contributed by atoms with Gasteiger partial charge in [-0.2, -0.15) is 0 Å². The number of pyridine rings is 1. The number of nitrogens with zero attached hydrogens (tertiary/aromatic N) is 1. The maximum atomic E-state index is 12.9. The van der Waals surface area contributed by atoms with Crippen molar-refractivity contribution in [3.05, 3.63) is 107 Å². The van der Waals surface area contributed by atoms with Crippen molar-refractivity contribution in [1.82, 2.24) is 9.88 Å². The predicted molar refractivity (Wildman–Crippen MR) is 98.8 cm³/mol. The molecule has 0 saturated carbocycles. The summed E-state index contributed by atoms with van der Waals surface area (Å²) in [5.74, 6) is -0.944. The highest BCUT2D eigenvalue weighted by Gasteiger charge is 2.29. The van der Waals surface area contributed by atoms with Gasteiger partial charge in [-0.05, 0) is 11.6 Å². The molecule has 5 nitrogen and oxygen atoms in total. The largest absolute Gasteiger partial charge is 0.350 e. The molecule has 0 saturated heterocycles. The van der Waals surface area contributed by atoms with Crippen LogP contribution in [0.3, 0.4) is 0 Å².